The topological polar surface area (TPSA) is 54.0 Å². The van der Waals surface area contributed by atoms with Crippen LogP contribution in [0.15, 0.2) is 42.5 Å². The monoisotopic (exact) mass is 420 g/mol. The third kappa shape index (κ3) is 8.05. The third-order valence-electron chi connectivity index (χ3n) is 5.59. The lowest BCUT2D eigenvalue weighted by molar-refractivity contribution is -0.145. The van der Waals surface area contributed by atoms with Crippen LogP contribution in [0.3, 0.4) is 0 Å². The Morgan fingerprint density at radius 1 is 1.07 bits per heavy atom. The molecular weight excluding hydrogens is 384 g/mol. The highest BCUT2D eigenvalue weighted by Gasteiger charge is 2.40. The van der Waals surface area contributed by atoms with Crippen LogP contribution in [0.4, 0.5) is 0 Å². The Bertz CT molecular complexity index is 666. The highest BCUT2D eigenvalue weighted by molar-refractivity contribution is 6.74. The number of hydrogen-bond donors (Lipinski definition) is 0. The van der Waals surface area contributed by atoms with E-state index >= 15 is 0 Å². The van der Waals surface area contributed by atoms with Crippen molar-refractivity contribution in [1.29, 1.82) is 0 Å². The molecule has 3 atom stereocenters. The Kier molecular flexibility index (Phi) is 8.64. The minimum Gasteiger partial charge on any atom is -0.458 e. The van der Waals surface area contributed by atoms with E-state index in [1.807, 2.05) is 42.5 Å². The summed E-state index contributed by atoms with van der Waals surface area (Å²) in [6.07, 6.45) is 4.78. The first-order valence-corrected chi connectivity index (χ1v) is 13.2. The molecule has 0 saturated carbocycles. The largest absolute Gasteiger partial charge is 0.458 e. The molecule has 5 nitrogen and oxygen atoms in total. The van der Waals surface area contributed by atoms with Crippen molar-refractivity contribution in [3.8, 4) is 0 Å². The Morgan fingerprint density at radius 3 is 2.31 bits per heavy atom. The van der Waals surface area contributed by atoms with E-state index < -0.39 is 8.32 Å². The average Bonchev–Trinajstić information content (AvgIpc) is 2.79. The molecule has 1 aliphatic carbocycles. The van der Waals surface area contributed by atoms with Gasteiger partial charge in [-0.05, 0) is 29.8 Å². The molecule has 6 heteroatoms. The van der Waals surface area contributed by atoms with Gasteiger partial charge in [-0.2, -0.15) is 0 Å². The van der Waals surface area contributed by atoms with Gasteiger partial charge in [0.15, 0.2) is 8.32 Å². The Labute approximate surface area is 176 Å². The molecule has 162 valence electrons. The van der Waals surface area contributed by atoms with E-state index in [0.29, 0.717) is 13.0 Å². The quantitative estimate of drug-likeness (QED) is 0.190. The summed E-state index contributed by atoms with van der Waals surface area (Å²) in [7, 11) is -1.95. The van der Waals surface area contributed by atoms with Crippen molar-refractivity contribution in [3.63, 3.8) is 0 Å². The van der Waals surface area contributed by atoms with Gasteiger partial charge < -0.3 is 18.6 Å². The summed E-state index contributed by atoms with van der Waals surface area (Å²) in [5.41, 5.74) is 1.11. The molecule has 1 aliphatic rings. The fourth-order valence-electron chi connectivity index (χ4n) is 3.00. The molecule has 0 radical (unpaired) electrons. The van der Waals surface area contributed by atoms with Crippen molar-refractivity contribution in [2.75, 3.05) is 6.79 Å². The smallest absolute Gasteiger partial charge is 0.303 e. The minimum absolute atomic E-state index is 0.0330. The van der Waals surface area contributed by atoms with Gasteiger partial charge in [0.1, 0.15) is 12.9 Å². The summed E-state index contributed by atoms with van der Waals surface area (Å²) in [5.74, 6) is -0.281. The number of benzene rings is 1. The lowest BCUT2D eigenvalue weighted by Crippen LogP contribution is -2.45. The summed E-state index contributed by atoms with van der Waals surface area (Å²) < 4.78 is 23.7. The van der Waals surface area contributed by atoms with E-state index in [1.165, 1.54) is 6.92 Å². The second kappa shape index (κ2) is 10.5. The van der Waals surface area contributed by atoms with Crippen molar-refractivity contribution in [3.05, 3.63) is 48.0 Å². The van der Waals surface area contributed by atoms with E-state index in [4.69, 9.17) is 18.6 Å². The molecule has 0 unspecified atom stereocenters. The van der Waals surface area contributed by atoms with Crippen molar-refractivity contribution < 1.29 is 23.4 Å². The predicted octanol–water partition coefficient (Wildman–Crippen LogP) is 5.22. The van der Waals surface area contributed by atoms with E-state index in [-0.39, 0.29) is 36.1 Å². The first-order chi connectivity index (χ1) is 13.6. The minimum atomic E-state index is -1.95. The maximum absolute atomic E-state index is 11.5. The summed E-state index contributed by atoms with van der Waals surface area (Å²) in [5, 5.41) is 0.110. The SMILES string of the molecule is CC(=O)O[C@@H]1C=C[C@H](OCOCc2ccccc2)C[C@H](O[Si](C)(C)C(C)(C)C)C1. The van der Waals surface area contributed by atoms with Gasteiger partial charge in [0.2, 0.25) is 0 Å². The van der Waals surface area contributed by atoms with Crippen LogP contribution in [0.2, 0.25) is 18.1 Å². The number of ether oxygens (including phenoxy) is 3. The molecule has 0 spiro atoms. The van der Waals surface area contributed by atoms with Crippen molar-refractivity contribution in [1.82, 2.24) is 0 Å². The molecule has 2 rings (SSSR count). The highest BCUT2D eigenvalue weighted by Crippen LogP contribution is 2.38. The zero-order valence-electron chi connectivity index (χ0n) is 18.6. The van der Waals surface area contributed by atoms with Gasteiger partial charge in [-0.15, -0.1) is 0 Å². The van der Waals surface area contributed by atoms with Crippen LogP contribution < -0.4 is 0 Å². The number of esters is 1. The highest BCUT2D eigenvalue weighted by atomic mass is 28.4. The zero-order chi connectivity index (χ0) is 21.5. The van der Waals surface area contributed by atoms with Crippen LogP contribution >= 0.6 is 0 Å². The molecule has 0 N–H and O–H groups in total. The van der Waals surface area contributed by atoms with E-state index in [0.717, 1.165) is 12.0 Å². The van der Waals surface area contributed by atoms with Gasteiger partial charge in [-0.25, -0.2) is 0 Å². The second-order valence-electron chi connectivity index (χ2n) is 9.16. The summed E-state index contributed by atoms with van der Waals surface area (Å²) in [4.78, 5) is 11.5. The second-order valence-corrected chi connectivity index (χ2v) is 13.9. The number of carbonyl (C=O) groups excluding carboxylic acids is 1. The summed E-state index contributed by atoms with van der Waals surface area (Å²) in [6, 6.07) is 10.0. The first-order valence-electron chi connectivity index (χ1n) is 10.3. The molecule has 0 aromatic heterocycles. The Morgan fingerprint density at radius 2 is 1.69 bits per heavy atom. The van der Waals surface area contributed by atoms with Crippen LogP contribution in [0, 0.1) is 0 Å². The molecule has 1 aromatic rings. The molecule has 1 aromatic carbocycles. The third-order valence-corrected chi connectivity index (χ3v) is 10.1. The zero-order valence-corrected chi connectivity index (χ0v) is 19.6. The lowest BCUT2D eigenvalue weighted by atomic mass is 10.1. The van der Waals surface area contributed by atoms with Crippen LogP contribution in [0.25, 0.3) is 0 Å². The van der Waals surface area contributed by atoms with Gasteiger partial charge in [0, 0.05) is 19.8 Å². The molecule has 0 amide bonds. The van der Waals surface area contributed by atoms with E-state index in [2.05, 4.69) is 33.9 Å². The first kappa shape index (κ1) is 23.8. The fraction of sp³-hybridized carbons (Fsp3) is 0.609. The van der Waals surface area contributed by atoms with Gasteiger partial charge in [-0.1, -0.05) is 57.2 Å². The van der Waals surface area contributed by atoms with E-state index in [1.54, 1.807) is 0 Å². The van der Waals surface area contributed by atoms with Crippen molar-refractivity contribution in [2.45, 2.75) is 83.6 Å². The molecule has 0 saturated heterocycles. The van der Waals surface area contributed by atoms with Crippen LogP contribution in [-0.4, -0.2) is 39.4 Å². The lowest BCUT2D eigenvalue weighted by Gasteiger charge is -2.40. The molecule has 0 aliphatic heterocycles. The van der Waals surface area contributed by atoms with Gasteiger partial charge in [0.25, 0.3) is 0 Å². The van der Waals surface area contributed by atoms with Crippen molar-refractivity contribution >= 4 is 14.3 Å². The molecular formula is C23H36O5Si. The Hall–Kier alpha value is -1.47. The number of carbonyl (C=O) groups is 1. The molecule has 0 fully saturated rings. The van der Waals surface area contributed by atoms with Crippen LogP contribution in [0.1, 0.15) is 46.1 Å². The number of hydrogen-bond acceptors (Lipinski definition) is 5. The average molecular weight is 421 g/mol. The van der Waals surface area contributed by atoms with Crippen molar-refractivity contribution in [2.24, 2.45) is 0 Å². The fourth-order valence-corrected chi connectivity index (χ4v) is 4.38. The standard InChI is InChI=1S/C23H36O5Si/c1-18(24)27-21-13-12-20(26-17-25-16-19-10-8-7-9-11-19)14-22(15-21)28-29(5,6)23(2,3)4/h7-13,20-22H,14-17H2,1-6H3/t20-,21+,22-/m0/s1. The van der Waals surface area contributed by atoms with Gasteiger partial charge in [-0.3, -0.25) is 4.79 Å². The maximum Gasteiger partial charge on any atom is 0.303 e. The molecule has 0 bridgehead atoms. The Balaban J connectivity index is 1.96. The molecule has 0 heterocycles. The van der Waals surface area contributed by atoms with Crippen LogP contribution in [-0.2, 0) is 30.0 Å². The molecule has 29 heavy (non-hydrogen) atoms. The van der Waals surface area contributed by atoms with Crippen LogP contribution in [0.5, 0.6) is 0 Å². The summed E-state index contributed by atoms with van der Waals surface area (Å²) in [6.45, 7) is 13.3. The van der Waals surface area contributed by atoms with Gasteiger partial charge >= 0.3 is 5.97 Å². The number of rotatable bonds is 8. The van der Waals surface area contributed by atoms with E-state index in [9.17, 15) is 4.79 Å². The predicted molar refractivity (Wildman–Crippen MR) is 117 cm³/mol. The van der Waals surface area contributed by atoms with Gasteiger partial charge in [0.05, 0.1) is 18.8 Å². The normalized spacial score (nSPS) is 22.9. The maximum atomic E-state index is 11.5. The summed E-state index contributed by atoms with van der Waals surface area (Å²) >= 11 is 0.